The fraction of sp³-hybridized carbons (Fsp3) is 0.222. The van der Waals surface area contributed by atoms with Gasteiger partial charge in [0.1, 0.15) is 5.76 Å². The normalized spacial score (nSPS) is 12.7. The molecule has 0 aliphatic carbocycles. The van der Waals surface area contributed by atoms with Crippen molar-refractivity contribution >= 4 is 26.7 Å². The molecule has 1 unspecified atom stereocenters. The highest BCUT2D eigenvalue weighted by molar-refractivity contribution is 9.10. The zero-order chi connectivity index (χ0) is 14.7. The van der Waals surface area contributed by atoms with Crippen molar-refractivity contribution in [1.82, 2.24) is 5.32 Å². The van der Waals surface area contributed by atoms with Gasteiger partial charge in [-0.2, -0.15) is 0 Å². The molecule has 1 N–H and O–H groups in total. The number of hydrogen-bond acceptors (Lipinski definition) is 2. The van der Waals surface area contributed by atoms with Crippen molar-refractivity contribution in [3.63, 3.8) is 0 Å². The van der Waals surface area contributed by atoms with Crippen molar-refractivity contribution in [2.24, 2.45) is 0 Å². The minimum absolute atomic E-state index is 0.0841. The molecule has 1 atom stereocenters. The van der Waals surface area contributed by atoms with E-state index in [9.17, 15) is 0 Å². The molecule has 0 saturated heterocycles. The van der Waals surface area contributed by atoms with Crippen molar-refractivity contribution in [3.8, 4) is 0 Å². The van der Waals surface area contributed by atoms with E-state index in [1.165, 1.54) is 16.3 Å². The Morgan fingerprint density at radius 1 is 1.05 bits per heavy atom. The molecule has 1 aromatic heterocycles. The second-order valence-corrected chi connectivity index (χ2v) is 5.92. The molecule has 1 heterocycles. The first kappa shape index (κ1) is 14.4. The number of hydrogen-bond donors (Lipinski definition) is 1. The van der Waals surface area contributed by atoms with Crippen molar-refractivity contribution in [3.05, 3.63) is 70.6 Å². The lowest BCUT2D eigenvalue weighted by Crippen LogP contribution is -2.22. The van der Waals surface area contributed by atoms with E-state index in [-0.39, 0.29) is 6.04 Å². The Labute approximate surface area is 133 Å². The van der Waals surface area contributed by atoms with Crippen LogP contribution in [0.4, 0.5) is 0 Å². The van der Waals surface area contributed by atoms with Crippen LogP contribution in [0.25, 0.3) is 10.8 Å². The zero-order valence-corrected chi connectivity index (χ0v) is 13.6. The molecule has 0 amide bonds. The molecule has 0 radical (unpaired) electrons. The quantitative estimate of drug-likeness (QED) is 0.681. The van der Waals surface area contributed by atoms with Crippen molar-refractivity contribution in [1.29, 1.82) is 0 Å². The van der Waals surface area contributed by atoms with Crippen LogP contribution < -0.4 is 5.32 Å². The summed E-state index contributed by atoms with van der Waals surface area (Å²) in [5.41, 5.74) is 1.23. The van der Waals surface area contributed by atoms with E-state index in [0.29, 0.717) is 0 Å². The van der Waals surface area contributed by atoms with Crippen molar-refractivity contribution < 1.29 is 4.42 Å². The van der Waals surface area contributed by atoms with Gasteiger partial charge in [0.25, 0.3) is 0 Å². The lowest BCUT2D eigenvalue weighted by Gasteiger charge is -2.17. The SMILES string of the molecule is CCCNC(c1ccc2ccccc2c1)c1ccc(Br)o1. The Kier molecular flexibility index (Phi) is 4.42. The Morgan fingerprint density at radius 3 is 2.57 bits per heavy atom. The van der Waals surface area contributed by atoms with Gasteiger partial charge in [-0.05, 0) is 63.4 Å². The molecular formula is C18H18BrNO. The van der Waals surface area contributed by atoms with Gasteiger partial charge in [-0.3, -0.25) is 0 Å². The molecule has 3 rings (SSSR count). The third-order valence-electron chi connectivity index (χ3n) is 3.58. The van der Waals surface area contributed by atoms with Gasteiger partial charge in [0, 0.05) is 0 Å². The van der Waals surface area contributed by atoms with Gasteiger partial charge in [-0.1, -0.05) is 43.3 Å². The summed E-state index contributed by atoms with van der Waals surface area (Å²) < 4.78 is 6.53. The molecule has 0 bridgehead atoms. The highest BCUT2D eigenvalue weighted by atomic mass is 79.9. The fourth-order valence-corrected chi connectivity index (χ4v) is 2.86. The maximum Gasteiger partial charge on any atom is 0.169 e. The van der Waals surface area contributed by atoms with Crippen LogP contribution in [-0.2, 0) is 0 Å². The van der Waals surface area contributed by atoms with Gasteiger partial charge in [0.15, 0.2) is 4.67 Å². The van der Waals surface area contributed by atoms with E-state index in [4.69, 9.17) is 4.42 Å². The average Bonchev–Trinajstić information content (AvgIpc) is 2.94. The maximum atomic E-state index is 5.76. The number of furan rings is 1. The average molecular weight is 344 g/mol. The van der Waals surface area contributed by atoms with Gasteiger partial charge < -0.3 is 9.73 Å². The number of benzene rings is 2. The minimum Gasteiger partial charge on any atom is -0.452 e. The topological polar surface area (TPSA) is 25.2 Å². The minimum atomic E-state index is 0.0841. The largest absolute Gasteiger partial charge is 0.452 e. The van der Waals surface area contributed by atoms with Gasteiger partial charge in [0.2, 0.25) is 0 Å². The second kappa shape index (κ2) is 6.46. The van der Waals surface area contributed by atoms with Crippen LogP contribution in [0.5, 0.6) is 0 Å². The smallest absolute Gasteiger partial charge is 0.169 e. The zero-order valence-electron chi connectivity index (χ0n) is 12.0. The number of fused-ring (bicyclic) bond motifs is 1. The van der Waals surface area contributed by atoms with E-state index in [1.807, 2.05) is 12.1 Å². The van der Waals surface area contributed by atoms with Crippen LogP contribution >= 0.6 is 15.9 Å². The summed E-state index contributed by atoms with van der Waals surface area (Å²) in [5, 5.41) is 6.08. The van der Waals surface area contributed by atoms with Gasteiger partial charge in [-0.25, -0.2) is 0 Å². The predicted octanol–water partition coefficient (Wildman–Crippen LogP) is 5.28. The van der Waals surface area contributed by atoms with Gasteiger partial charge >= 0.3 is 0 Å². The van der Waals surface area contributed by atoms with Crippen LogP contribution in [0.3, 0.4) is 0 Å². The Morgan fingerprint density at radius 2 is 1.86 bits per heavy atom. The molecule has 0 spiro atoms. The summed E-state index contributed by atoms with van der Waals surface area (Å²) in [7, 11) is 0. The lowest BCUT2D eigenvalue weighted by atomic mass is 10.00. The Bertz CT molecular complexity index is 735. The summed E-state index contributed by atoms with van der Waals surface area (Å²) in [5.74, 6) is 0.936. The van der Waals surface area contributed by atoms with Crippen LogP contribution in [0.2, 0.25) is 0 Å². The second-order valence-electron chi connectivity index (χ2n) is 5.14. The molecule has 3 aromatic rings. The van der Waals surface area contributed by atoms with E-state index in [2.05, 4.69) is 70.6 Å². The van der Waals surface area contributed by atoms with Crippen molar-refractivity contribution in [2.75, 3.05) is 6.54 Å². The molecule has 0 aliphatic heterocycles. The summed E-state index contributed by atoms with van der Waals surface area (Å²) in [6, 6.07) is 19.0. The highest BCUT2D eigenvalue weighted by Gasteiger charge is 2.17. The van der Waals surface area contributed by atoms with E-state index in [1.54, 1.807) is 0 Å². The first-order chi connectivity index (χ1) is 10.3. The molecule has 0 fully saturated rings. The first-order valence-corrected chi connectivity index (χ1v) is 8.04. The number of nitrogens with one attached hydrogen (secondary N) is 1. The third kappa shape index (κ3) is 3.20. The first-order valence-electron chi connectivity index (χ1n) is 7.25. The maximum absolute atomic E-state index is 5.76. The van der Waals surface area contributed by atoms with Crippen LogP contribution in [0.15, 0.2) is 63.7 Å². The predicted molar refractivity (Wildman–Crippen MR) is 90.5 cm³/mol. The van der Waals surface area contributed by atoms with Gasteiger partial charge in [0.05, 0.1) is 6.04 Å². The Hall–Kier alpha value is -1.58. The molecule has 0 saturated carbocycles. The molecule has 2 nitrogen and oxygen atoms in total. The van der Waals surface area contributed by atoms with E-state index in [0.717, 1.165) is 23.4 Å². The summed E-state index contributed by atoms with van der Waals surface area (Å²) in [6.07, 6.45) is 1.09. The molecule has 3 heteroatoms. The van der Waals surface area contributed by atoms with E-state index < -0.39 is 0 Å². The van der Waals surface area contributed by atoms with Crippen LogP contribution in [-0.4, -0.2) is 6.54 Å². The molecular weight excluding hydrogens is 326 g/mol. The fourth-order valence-electron chi connectivity index (χ4n) is 2.54. The lowest BCUT2D eigenvalue weighted by molar-refractivity contribution is 0.433. The highest BCUT2D eigenvalue weighted by Crippen LogP contribution is 2.28. The molecule has 2 aromatic carbocycles. The van der Waals surface area contributed by atoms with Crippen molar-refractivity contribution in [2.45, 2.75) is 19.4 Å². The Balaban J connectivity index is 2.00. The monoisotopic (exact) mass is 343 g/mol. The molecule has 0 aliphatic rings. The number of rotatable bonds is 5. The van der Waals surface area contributed by atoms with Gasteiger partial charge in [-0.15, -0.1) is 0 Å². The molecule has 21 heavy (non-hydrogen) atoms. The summed E-state index contributed by atoms with van der Waals surface area (Å²) >= 11 is 3.39. The third-order valence-corrected chi connectivity index (χ3v) is 4.01. The summed E-state index contributed by atoms with van der Waals surface area (Å²) in [6.45, 7) is 3.12. The summed E-state index contributed by atoms with van der Waals surface area (Å²) in [4.78, 5) is 0. The number of halogens is 1. The molecule has 108 valence electrons. The standard InChI is InChI=1S/C18H18BrNO/c1-2-11-20-18(16-9-10-17(19)21-16)15-8-7-13-5-3-4-6-14(13)12-15/h3-10,12,18,20H,2,11H2,1H3. The van der Waals surface area contributed by atoms with Crippen LogP contribution in [0, 0.1) is 0 Å². The van der Waals surface area contributed by atoms with Crippen LogP contribution in [0.1, 0.15) is 30.7 Å². The van der Waals surface area contributed by atoms with E-state index >= 15 is 0 Å².